The summed E-state index contributed by atoms with van der Waals surface area (Å²) in [5.74, 6) is 1.38. The Bertz CT molecular complexity index is 348. The summed E-state index contributed by atoms with van der Waals surface area (Å²) in [6, 6.07) is 7.01. The third kappa shape index (κ3) is 3.75. The smallest absolute Gasteiger partial charge is 0.488 e. The number of benzene rings is 1. The molecule has 1 saturated carbocycles. The van der Waals surface area contributed by atoms with Gasteiger partial charge in [-0.3, -0.25) is 0 Å². The molecule has 1 aliphatic carbocycles. The van der Waals surface area contributed by atoms with Gasteiger partial charge in [0.2, 0.25) is 0 Å². The van der Waals surface area contributed by atoms with Gasteiger partial charge in [0.25, 0.3) is 0 Å². The fourth-order valence-electron chi connectivity index (χ4n) is 2.33. The van der Waals surface area contributed by atoms with Crippen LogP contribution in [0.4, 0.5) is 0 Å². The highest BCUT2D eigenvalue weighted by Crippen LogP contribution is 2.24. The first-order valence-electron chi connectivity index (χ1n) is 6.34. The van der Waals surface area contributed by atoms with Crippen molar-refractivity contribution in [3.63, 3.8) is 0 Å². The van der Waals surface area contributed by atoms with Crippen molar-refractivity contribution in [2.45, 2.75) is 32.1 Å². The number of rotatable bonds is 4. The highest BCUT2D eigenvalue weighted by atomic mass is 16.5. The largest absolute Gasteiger partial charge is 0.493 e. The third-order valence-electron chi connectivity index (χ3n) is 3.37. The highest BCUT2D eigenvalue weighted by Gasteiger charge is 2.15. The molecule has 17 heavy (non-hydrogen) atoms. The van der Waals surface area contributed by atoms with Gasteiger partial charge in [0, 0.05) is 0 Å². The number of hydrogen-bond acceptors (Lipinski definition) is 3. The minimum Gasteiger partial charge on any atom is -0.493 e. The van der Waals surface area contributed by atoms with Crippen molar-refractivity contribution in [2.75, 3.05) is 6.61 Å². The van der Waals surface area contributed by atoms with Crippen molar-refractivity contribution >= 4 is 12.6 Å². The average molecular weight is 234 g/mol. The average Bonchev–Trinajstić information content (AvgIpc) is 2.38. The maximum absolute atomic E-state index is 9.07. The molecule has 4 heteroatoms. The first kappa shape index (κ1) is 12.5. The molecule has 0 aliphatic heterocycles. The Labute approximate surface area is 103 Å². The number of ether oxygens (including phenoxy) is 1. The Kier molecular flexibility index (Phi) is 4.46. The van der Waals surface area contributed by atoms with Crippen molar-refractivity contribution in [3.8, 4) is 5.75 Å². The summed E-state index contributed by atoms with van der Waals surface area (Å²) in [4.78, 5) is 0. The SMILES string of the molecule is OB(O)c1cccc(OCC2CCCCC2)c1. The molecular weight excluding hydrogens is 215 g/mol. The van der Waals surface area contributed by atoms with E-state index in [1.165, 1.54) is 32.1 Å². The van der Waals surface area contributed by atoms with Gasteiger partial charge in [0.05, 0.1) is 6.61 Å². The van der Waals surface area contributed by atoms with Crippen molar-refractivity contribution in [1.29, 1.82) is 0 Å². The lowest BCUT2D eigenvalue weighted by Crippen LogP contribution is -2.29. The molecule has 0 aromatic heterocycles. The van der Waals surface area contributed by atoms with E-state index < -0.39 is 7.12 Å². The summed E-state index contributed by atoms with van der Waals surface area (Å²) in [6.45, 7) is 0.741. The Morgan fingerprint density at radius 1 is 1.18 bits per heavy atom. The topological polar surface area (TPSA) is 49.7 Å². The van der Waals surface area contributed by atoms with Gasteiger partial charge in [-0.15, -0.1) is 0 Å². The van der Waals surface area contributed by atoms with Gasteiger partial charge in [0.15, 0.2) is 0 Å². The van der Waals surface area contributed by atoms with Crippen LogP contribution in [0, 0.1) is 5.92 Å². The van der Waals surface area contributed by atoms with Crippen LogP contribution in [0.5, 0.6) is 5.75 Å². The van der Waals surface area contributed by atoms with Crippen LogP contribution in [0.25, 0.3) is 0 Å². The molecule has 3 nitrogen and oxygen atoms in total. The van der Waals surface area contributed by atoms with Crippen LogP contribution in [0.2, 0.25) is 0 Å². The normalized spacial score (nSPS) is 16.8. The first-order chi connectivity index (χ1) is 8.25. The molecule has 0 atom stereocenters. The number of hydrogen-bond donors (Lipinski definition) is 2. The van der Waals surface area contributed by atoms with Gasteiger partial charge in [-0.1, -0.05) is 31.4 Å². The molecule has 1 aliphatic rings. The van der Waals surface area contributed by atoms with Gasteiger partial charge < -0.3 is 14.8 Å². The van der Waals surface area contributed by atoms with E-state index in [0.717, 1.165) is 12.4 Å². The van der Waals surface area contributed by atoms with Crippen molar-refractivity contribution < 1.29 is 14.8 Å². The lowest BCUT2D eigenvalue weighted by Gasteiger charge is -2.21. The summed E-state index contributed by atoms with van der Waals surface area (Å²) in [7, 11) is -1.42. The monoisotopic (exact) mass is 234 g/mol. The van der Waals surface area contributed by atoms with Gasteiger partial charge in [-0.25, -0.2) is 0 Å². The molecule has 1 fully saturated rings. The molecule has 0 saturated heterocycles. The molecule has 2 rings (SSSR count). The van der Waals surface area contributed by atoms with Crippen molar-refractivity contribution in [1.82, 2.24) is 0 Å². The molecule has 0 bridgehead atoms. The van der Waals surface area contributed by atoms with E-state index in [1.54, 1.807) is 18.2 Å². The minimum atomic E-state index is -1.42. The summed E-state index contributed by atoms with van der Waals surface area (Å²) >= 11 is 0. The van der Waals surface area contributed by atoms with Gasteiger partial charge >= 0.3 is 7.12 Å². The standard InChI is InChI=1S/C13H19BO3/c15-14(16)12-7-4-8-13(9-12)17-10-11-5-2-1-3-6-11/h4,7-9,11,15-16H,1-3,5-6,10H2. The second kappa shape index (κ2) is 6.08. The predicted molar refractivity (Wildman–Crippen MR) is 68.3 cm³/mol. The van der Waals surface area contributed by atoms with E-state index in [1.807, 2.05) is 6.07 Å². The lowest BCUT2D eigenvalue weighted by molar-refractivity contribution is 0.209. The van der Waals surface area contributed by atoms with E-state index >= 15 is 0 Å². The van der Waals surface area contributed by atoms with E-state index in [4.69, 9.17) is 14.8 Å². The van der Waals surface area contributed by atoms with E-state index in [9.17, 15) is 0 Å². The van der Waals surface area contributed by atoms with Gasteiger partial charge in [-0.05, 0) is 36.4 Å². The first-order valence-corrected chi connectivity index (χ1v) is 6.34. The lowest BCUT2D eigenvalue weighted by atomic mass is 9.80. The molecule has 0 unspecified atom stereocenters. The third-order valence-corrected chi connectivity index (χ3v) is 3.37. The van der Waals surface area contributed by atoms with E-state index in [-0.39, 0.29) is 0 Å². The van der Waals surface area contributed by atoms with Crippen LogP contribution in [0.15, 0.2) is 24.3 Å². The summed E-state index contributed by atoms with van der Waals surface area (Å²) in [5, 5.41) is 18.1. The molecule has 0 amide bonds. The summed E-state index contributed by atoms with van der Waals surface area (Å²) < 4.78 is 5.71. The molecule has 92 valence electrons. The van der Waals surface area contributed by atoms with E-state index in [0.29, 0.717) is 11.4 Å². The summed E-state index contributed by atoms with van der Waals surface area (Å²) in [6.07, 6.45) is 6.47. The zero-order valence-electron chi connectivity index (χ0n) is 10.0. The fourth-order valence-corrected chi connectivity index (χ4v) is 2.33. The van der Waals surface area contributed by atoms with E-state index in [2.05, 4.69) is 0 Å². The van der Waals surface area contributed by atoms with Gasteiger partial charge in [-0.2, -0.15) is 0 Å². The zero-order valence-corrected chi connectivity index (χ0v) is 10.0. The molecule has 1 aromatic rings. The Balaban J connectivity index is 1.87. The Morgan fingerprint density at radius 3 is 2.65 bits per heavy atom. The molecular formula is C13H19BO3. The Morgan fingerprint density at radius 2 is 1.94 bits per heavy atom. The van der Waals surface area contributed by atoms with Crippen LogP contribution in [-0.4, -0.2) is 23.8 Å². The van der Waals surface area contributed by atoms with Crippen molar-refractivity contribution in [2.24, 2.45) is 5.92 Å². The molecule has 2 N–H and O–H groups in total. The second-order valence-electron chi connectivity index (χ2n) is 4.76. The van der Waals surface area contributed by atoms with Crippen molar-refractivity contribution in [3.05, 3.63) is 24.3 Å². The Hall–Kier alpha value is -0.995. The molecule has 0 spiro atoms. The minimum absolute atomic E-state index is 0.478. The van der Waals surface area contributed by atoms with Crippen LogP contribution >= 0.6 is 0 Å². The van der Waals surface area contributed by atoms with Crippen LogP contribution < -0.4 is 10.2 Å². The molecule has 0 radical (unpaired) electrons. The predicted octanol–water partition coefficient (Wildman–Crippen LogP) is 1.33. The molecule has 1 aromatic carbocycles. The maximum atomic E-state index is 9.07. The summed E-state index contributed by atoms with van der Waals surface area (Å²) in [5.41, 5.74) is 0.478. The quantitative estimate of drug-likeness (QED) is 0.772. The highest BCUT2D eigenvalue weighted by molar-refractivity contribution is 6.58. The maximum Gasteiger partial charge on any atom is 0.488 e. The van der Waals surface area contributed by atoms with Crippen LogP contribution in [0.1, 0.15) is 32.1 Å². The zero-order chi connectivity index (χ0) is 12.1. The fraction of sp³-hybridized carbons (Fsp3) is 0.538. The van der Waals surface area contributed by atoms with Crippen LogP contribution in [0.3, 0.4) is 0 Å². The van der Waals surface area contributed by atoms with Gasteiger partial charge in [0.1, 0.15) is 5.75 Å². The molecule has 0 heterocycles. The second-order valence-corrected chi connectivity index (χ2v) is 4.76. The van der Waals surface area contributed by atoms with Crippen LogP contribution in [-0.2, 0) is 0 Å².